The molecule has 3 rings (SSSR count). The van der Waals surface area contributed by atoms with E-state index in [0.29, 0.717) is 23.0 Å². The number of rotatable bonds is 7. The molecule has 8 heteroatoms. The first-order valence-electron chi connectivity index (χ1n) is 9.99. The maximum atomic E-state index is 13.0. The number of pyridine rings is 1. The van der Waals surface area contributed by atoms with Crippen molar-refractivity contribution in [1.29, 1.82) is 0 Å². The van der Waals surface area contributed by atoms with Crippen LogP contribution in [0.5, 0.6) is 0 Å². The van der Waals surface area contributed by atoms with Gasteiger partial charge < -0.3 is 5.32 Å². The van der Waals surface area contributed by atoms with Gasteiger partial charge in [0.15, 0.2) is 6.29 Å². The number of aryl methyl sites for hydroxylation is 2. The zero-order chi connectivity index (χ0) is 22.8. The molecule has 0 bridgehead atoms. The van der Waals surface area contributed by atoms with Crippen LogP contribution in [0.3, 0.4) is 0 Å². The Hall–Kier alpha value is -3.16. The highest BCUT2D eigenvalue weighted by Gasteiger charge is 2.32. The van der Waals surface area contributed by atoms with Crippen LogP contribution in [0.25, 0.3) is 5.69 Å². The average molecular weight is 430 g/mol. The van der Waals surface area contributed by atoms with Gasteiger partial charge in [-0.3, -0.25) is 4.79 Å². The minimum absolute atomic E-state index is 0.0515. The van der Waals surface area contributed by atoms with E-state index in [-0.39, 0.29) is 6.04 Å². The average Bonchev–Trinajstić information content (AvgIpc) is 3.17. The van der Waals surface area contributed by atoms with Crippen LogP contribution in [0.1, 0.15) is 58.9 Å². The molecule has 0 fully saturated rings. The summed E-state index contributed by atoms with van der Waals surface area (Å²) in [4.78, 5) is 15.2. The van der Waals surface area contributed by atoms with Crippen molar-refractivity contribution < 1.29 is 18.0 Å². The van der Waals surface area contributed by atoms with Gasteiger partial charge in [0.1, 0.15) is 5.82 Å². The van der Waals surface area contributed by atoms with Crippen molar-refractivity contribution in [2.75, 3.05) is 5.32 Å². The van der Waals surface area contributed by atoms with E-state index in [1.807, 2.05) is 26.0 Å². The van der Waals surface area contributed by atoms with E-state index in [1.165, 1.54) is 10.9 Å². The van der Waals surface area contributed by atoms with Crippen molar-refractivity contribution in [3.8, 4) is 5.69 Å². The third kappa shape index (κ3) is 5.31. The second kappa shape index (κ2) is 8.91. The molecule has 0 unspecified atom stereocenters. The van der Waals surface area contributed by atoms with Crippen molar-refractivity contribution in [3.63, 3.8) is 0 Å². The zero-order valence-electron chi connectivity index (χ0n) is 17.9. The molecule has 0 saturated heterocycles. The predicted molar refractivity (Wildman–Crippen MR) is 113 cm³/mol. The Morgan fingerprint density at radius 1 is 1.13 bits per heavy atom. The minimum Gasteiger partial charge on any atom is -0.363 e. The summed E-state index contributed by atoms with van der Waals surface area (Å²) in [5.74, 6) is 1.05. The van der Waals surface area contributed by atoms with Crippen molar-refractivity contribution in [1.82, 2.24) is 14.8 Å². The molecule has 31 heavy (non-hydrogen) atoms. The summed E-state index contributed by atoms with van der Waals surface area (Å²) in [6, 6.07) is 7.34. The molecule has 0 radical (unpaired) electrons. The molecule has 3 aromatic rings. The molecule has 164 valence electrons. The Labute approximate surface area is 179 Å². The summed E-state index contributed by atoms with van der Waals surface area (Å²) in [5.41, 5.74) is 3.02. The Morgan fingerprint density at radius 2 is 1.81 bits per heavy atom. The smallest absolute Gasteiger partial charge is 0.363 e. The molecule has 0 aliphatic rings. The fourth-order valence-electron chi connectivity index (χ4n) is 3.63. The van der Waals surface area contributed by atoms with E-state index in [9.17, 15) is 18.0 Å². The highest BCUT2D eigenvalue weighted by Crippen LogP contribution is 2.32. The second-order valence-corrected chi connectivity index (χ2v) is 8.10. The number of nitrogens with one attached hydrogen (secondary N) is 1. The first-order valence-corrected chi connectivity index (χ1v) is 9.99. The van der Waals surface area contributed by atoms with Crippen LogP contribution in [-0.4, -0.2) is 21.1 Å². The fourth-order valence-corrected chi connectivity index (χ4v) is 3.63. The van der Waals surface area contributed by atoms with Crippen LogP contribution in [0.2, 0.25) is 0 Å². The molecule has 0 saturated carbocycles. The highest BCUT2D eigenvalue weighted by molar-refractivity contribution is 5.74. The normalized spacial score (nSPS) is 12.8. The lowest BCUT2D eigenvalue weighted by molar-refractivity contribution is -0.137. The fraction of sp³-hybridized carbons (Fsp3) is 0.348. The van der Waals surface area contributed by atoms with Gasteiger partial charge in [-0.1, -0.05) is 26.0 Å². The van der Waals surface area contributed by atoms with E-state index < -0.39 is 11.7 Å². The topological polar surface area (TPSA) is 59.8 Å². The number of carbonyl (C=O) groups excluding carboxylic acids is 1. The van der Waals surface area contributed by atoms with Crippen LogP contribution in [-0.2, 0) is 6.18 Å². The summed E-state index contributed by atoms with van der Waals surface area (Å²) < 4.78 is 40.2. The number of hydrogen-bond acceptors (Lipinski definition) is 4. The number of aromatic nitrogens is 3. The Morgan fingerprint density at radius 3 is 2.29 bits per heavy atom. The van der Waals surface area contributed by atoms with E-state index in [0.717, 1.165) is 41.8 Å². The number of alkyl halides is 3. The summed E-state index contributed by atoms with van der Waals surface area (Å²) >= 11 is 0. The summed E-state index contributed by atoms with van der Waals surface area (Å²) in [7, 11) is 0. The van der Waals surface area contributed by atoms with Gasteiger partial charge in [0, 0.05) is 18.0 Å². The van der Waals surface area contributed by atoms with E-state index in [1.54, 1.807) is 12.1 Å². The van der Waals surface area contributed by atoms with E-state index in [2.05, 4.69) is 29.2 Å². The number of aldehydes is 1. The van der Waals surface area contributed by atoms with Crippen molar-refractivity contribution in [2.24, 2.45) is 5.92 Å². The molecule has 0 aliphatic carbocycles. The van der Waals surface area contributed by atoms with Crippen molar-refractivity contribution in [2.45, 2.75) is 46.3 Å². The largest absolute Gasteiger partial charge is 0.419 e. The first kappa shape index (κ1) is 22.5. The number of nitrogens with zero attached hydrogens (tertiary/aromatic N) is 3. The van der Waals surface area contributed by atoms with Crippen LogP contribution in [0, 0.1) is 19.8 Å². The highest BCUT2D eigenvalue weighted by atomic mass is 19.4. The lowest BCUT2D eigenvalue weighted by Crippen LogP contribution is -2.15. The quantitative estimate of drug-likeness (QED) is 0.473. The maximum absolute atomic E-state index is 13.0. The van der Waals surface area contributed by atoms with Gasteiger partial charge in [-0.25, -0.2) is 9.67 Å². The summed E-state index contributed by atoms with van der Waals surface area (Å²) in [6.45, 7) is 7.97. The lowest BCUT2D eigenvalue weighted by Gasteiger charge is -2.24. The third-order valence-corrected chi connectivity index (χ3v) is 5.01. The molecular formula is C23H25F3N4O. The molecule has 2 heterocycles. The molecule has 0 amide bonds. The molecular weight excluding hydrogens is 405 g/mol. The van der Waals surface area contributed by atoms with Crippen molar-refractivity contribution >= 4 is 12.1 Å². The van der Waals surface area contributed by atoms with Gasteiger partial charge in [0.05, 0.1) is 23.5 Å². The van der Waals surface area contributed by atoms with E-state index in [4.69, 9.17) is 0 Å². The third-order valence-electron chi connectivity index (χ3n) is 5.01. The minimum atomic E-state index is -4.43. The number of benzene rings is 1. The number of halogens is 3. The monoisotopic (exact) mass is 430 g/mol. The van der Waals surface area contributed by atoms with Crippen LogP contribution < -0.4 is 5.32 Å². The zero-order valence-corrected chi connectivity index (χ0v) is 17.9. The Balaban J connectivity index is 1.94. The predicted octanol–water partition coefficient (Wildman–Crippen LogP) is 5.91. The lowest BCUT2D eigenvalue weighted by atomic mass is 9.93. The summed E-state index contributed by atoms with van der Waals surface area (Å²) in [5, 5.41) is 7.34. The summed E-state index contributed by atoms with van der Waals surface area (Å²) in [6.07, 6.45) is 0.501. The van der Waals surface area contributed by atoms with Gasteiger partial charge in [-0.2, -0.15) is 18.3 Å². The van der Waals surface area contributed by atoms with E-state index >= 15 is 0 Å². The SMILES string of the molecule is Cc1cc([C@H](CC(C)C)Nc2ccc(C=O)cn2)cc(C)c1-n1cc(C(F)(F)F)cn1. The second-order valence-electron chi connectivity index (χ2n) is 8.10. The molecule has 1 atom stereocenters. The van der Waals surface area contributed by atoms with Crippen LogP contribution in [0.4, 0.5) is 19.0 Å². The first-order chi connectivity index (χ1) is 14.6. The standard InChI is InChI=1S/C23H25F3N4O/c1-14(2)7-20(29-21-6-5-17(13-31)10-27-21)18-8-15(3)22(16(4)9-18)30-12-19(11-28-30)23(24,25)26/h5-6,8-14,20H,7H2,1-4H3,(H,27,29)/t20-/m0/s1. The molecule has 0 aliphatic heterocycles. The Kier molecular flexibility index (Phi) is 6.48. The number of hydrogen-bond donors (Lipinski definition) is 1. The molecule has 2 aromatic heterocycles. The van der Waals surface area contributed by atoms with Gasteiger partial charge in [0.2, 0.25) is 0 Å². The molecule has 5 nitrogen and oxygen atoms in total. The number of carbonyl (C=O) groups is 1. The number of anilines is 1. The Bertz CT molecular complexity index is 1030. The van der Waals surface area contributed by atoms with Crippen molar-refractivity contribution in [3.05, 3.63) is 70.7 Å². The molecule has 1 N–H and O–H groups in total. The maximum Gasteiger partial charge on any atom is 0.419 e. The molecule has 1 aromatic carbocycles. The van der Waals surface area contributed by atoms with Gasteiger partial charge in [-0.15, -0.1) is 0 Å². The van der Waals surface area contributed by atoms with Gasteiger partial charge >= 0.3 is 6.18 Å². The van der Waals surface area contributed by atoms with Gasteiger partial charge in [-0.05, 0) is 55.0 Å². The molecule has 0 spiro atoms. The van der Waals surface area contributed by atoms with Crippen LogP contribution in [0.15, 0.2) is 42.9 Å². The van der Waals surface area contributed by atoms with Crippen LogP contribution >= 0.6 is 0 Å². The van der Waals surface area contributed by atoms with Gasteiger partial charge in [0.25, 0.3) is 0 Å².